The Morgan fingerprint density at radius 3 is 2.75 bits per heavy atom. The molecule has 2 aliphatic rings. The molecule has 112 valence electrons. The van der Waals surface area contributed by atoms with Crippen LogP contribution in [0, 0.1) is 5.41 Å². The van der Waals surface area contributed by atoms with Crippen molar-refractivity contribution >= 4 is 0 Å². The van der Waals surface area contributed by atoms with E-state index in [0.29, 0.717) is 0 Å². The van der Waals surface area contributed by atoms with Gasteiger partial charge in [-0.25, -0.2) is 0 Å². The van der Waals surface area contributed by atoms with Crippen LogP contribution in [0.15, 0.2) is 6.20 Å². The minimum atomic E-state index is -0.120. The van der Waals surface area contributed by atoms with Crippen molar-refractivity contribution in [1.29, 1.82) is 0 Å². The van der Waals surface area contributed by atoms with Gasteiger partial charge in [0, 0.05) is 31.2 Å². The van der Waals surface area contributed by atoms with Gasteiger partial charge in [0.05, 0.1) is 31.6 Å². The summed E-state index contributed by atoms with van der Waals surface area (Å²) in [6, 6.07) is 0. The minimum Gasteiger partial charge on any atom is -0.393 e. The van der Waals surface area contributed by atoms with Crippen LogP contribution in [0.25, 0.3) is 0 Å². The molecule has 2 fully saturated rings. The van der Waals surface area contributed by atoms with Gasteiger partial charge in [-0.1, -0.05) is 12.1 Å². The number of nitrogens with zero attached hydrogens (tertiary/aromatic N) is 4. The second-order valence-electron chi connectivity index (χ2n) is 6.26. The molecule has 3 heterocycles. The predicted octanol–water partition coefficient (Wildman–Crippen LogP) is 0.661. The number of ether oxygens (including phenoxy) is 1. The summed E-state index contributed by atoms with van der Waals surface area (Å²) in [5.41, 5.74) is 1.29. The number of aromatic nitrogens is 3. The van der Waals surface area contributed by atoms with Crippen molar-refractivity contribution in [2.75, 3.05) is 26.3 Å². The molecular formula is C14H24N4O2. The third kappa shape index (κ3) is 3.02. The van der Waals surface area contributed by atoms with Crippen LogP contribution in [0.3, 0.4) is 0 Å². The van der Waals surface area contributed by atoms with E-state index in [2.05, 4.69) is 28.3 Å². The fourth-order valence-corrected chi connectivity index (χ4v) is 2.94. The first kappa shape index (κ1) is 14.0. The third-order valence-electron chi connectivity index (χ3n) is 4.59. The number of hydrogen-bond acceptors (Lipinski definition) is 5. The van der Waals surface area contributed by atoms with Crippen LogP contribution in [0.1, 0.15) is 31.9 Å². The average molecular weight is 280 g/mol. The molecule has 0 spiro atoms. The first-order valence-electron chi connectivity index (χ1n) is 7.56. The Balaban J connectivity index is 1.54. The summed E-state index contributed by atoms with van der Waals surface area (Å²) in [4.78, 5) is 2.34. The van der Waals surface area contributed by atoms with Gasteiger partial charge in [-0.3, -0.25) is 9.58 Å². The molecule has 1 N–H and O–H groups in total. The molecule has 0 unspecified atom stereocenters. The Hall–Kier alpha value is -0.980. The molecule has 6 heteroatoms. The molecule has 0 aromatic carbocycles. The zero-order valence-electron chi connectivity index (χ0n) is 12.2. The number of likely N-dealkylation sites (tertiary alicyclic amines) is 1. The van der Waals surface area contributed by atoms with E-state index in [1.165, 1.54) is 0 Å². The van der Waals surface area contributed by atoms with Crippen molar-refractivity contribution in [3.8, 4) is 0 Å². The number of piperidine rings is 1. The summed E-state index contributed by atoms with van der Waals surface area (Å²) in [6.07, 6.45) is 4.78. The van der Waals surface area contributed by atoms with E-state index in [0.717, 1.165) is 64.3 Å². The van der Waals surface area contributed by atoms with Gasteiger partial charge in [-0.15, -0.1) is 5.10 Å². The number of rotatable bonds is 5. The van der Waals surface area contributed by atoms with E-state index < -0.39 is 0 Å². The topological polar surface area (TPSA) is 63.4 Å². The van der Waals surface area contributed by atoms with Crippen LogP contribution >= 0.6 is 0 Å². The van der Waals surface area contributed by atoms with Gasteiger partial charge in [0.1, 0.15) is 0 Å². The smallest absolute Gasteiger partial charge is 0.0967 e. The quantitative estimate of drug-likeness (QED) is 0.858. The molecule has 2 saturated heterocycles. The van der Waals surface area contributed by atoms with Crippen LogP contribution in [0.5, 0.6) is 0 Å². The van der Waals surface area contributed by atoms with Gasteiger partial charge in [-0.2, -0.15) is 0 Å². The Morgan fingerprint density at radius 2 is 2.15 bits per heavy atom. The maximum Gasteiger partial charge on any atom is 0.0967 e. The van der Waals surface area contributed by atoms with E-state index >= 15 is 0 Å². The predicted molar refractivity (Wildman–Crippen MR) is 74.1 cm³/mol. The summed E-state index contributed by atoms with van der Waals surface area (Å²) in [5, 5.41) is 18.0. The highest BCUT2D eigenvalue weighted by molar-refractivity contribution is 4.95. The van der Waals surface area contributed by atoms with Crippen molar-refractivity contribution in [1.82, 2.24) is 19.9 Å². The van der Waals surface area contributed by atoms with E-state index in [1.54, 1.807) is 0 Å². The Kier molecular flexibility index (Phi) is 4.05. The molecule has 0 atom stereocenters. The van der Waals surface area contributed by atoms with Crippen LogP contribution in [-0.2, 0) is 17.8 Å². The summed E-state index contributed by atoms with van der Waals surface area (Å²) in [6.45, 7) is 7.50. The normalized spacial score (nSPS) is 23.7. The van der Waals surface area contributed by atoms with E-state index in [-0.39, 0.29) is 11.5 Å². The Morgan fingerprint density at radius 1 is 1.40 bits per heavy atom. The third-order valence-corrected chi connectivity index (χ3v) is 4.59. The number of hydrogen-bond donors (Lipinski definition) is 1. The molecule has 3 rings (SSSR count). The van der Waals surface area contributed by atoms with Crippen LogP contribution in [0.4, 0.5) is 0 Å². The lowest BCUT2D eigenvalue weighted by atomic mass is 9.83. The number of aliphatic hydroxyl groups is 1. The van der Waals surface area contributed by atoms with Crippen molar-refractivity contribution in [2.24, 2.45) is 5.41 Å². The van der Waals surface area contributed by atoms with Gasteiger partial charge in [0.25, 0.3) is 0 Å². The van der Waals surface area contributed by atoms with Crippen LogP contribution in [0.2, 0.25) is 0 Å². The summed E-state index contributed by atoms with van der Waals surface area (Å²) in [5.74, 6) is 0. The fraction of sp³-hybridized carbons (Fsp3) is 0.857. The molecule has 2 aliphatic heterocycles. The highest BCUT2D eigenvalue weighted by atomic mass is 16.5. The van der Waals surface area contributed by atoms with Crippen LogP contribution < -0.4 is 0 Å². The van der Waals surface area contributed by atoms with E-state index in [1.807, 2.05) is 4.68 Å². The Labute approximate surface area is 119 Å². The largest absolute Gasteiger partial charge is 0.393 e. The number of aliphatic hydroxyl groups excluding tert-OH is 1. The lowest BCUT2D eigenvalue weighted by molar-refractivity contribution is -0.125. The molecule has 0 bridgehead atoms. The SMILES string of the molecule is CCC1(Cn2cc(CN3CCC(O)CC3)nn2)COC1. The zero-order chi connectivity index (χ0) is 14.0. The van der Waals surface area contributed by atoms with Crippen LogP contribution in [-0.4, -0.2) is 57.4 Å². The molecule has 0 amide bonds. The van der Waals surface area contributed by atoms with Gasteiger partial charge in [0.2, 0.25) is 0 Å². The van der Waals surface area contributed by atoms with Gasteiger partial charge >= 0.3 is 0 Å². The zero-order valence-corrected chi connectivity index (χ0v) is 12.2. The lowest BCUT2D eigenvalue weighted by Crippen LogP contribution is -2.45. The Bertz CT molecular complexity index is 431. The summed E-state index contributed by atoms with van der Waals surface area (Å²) >= 11 is 0. The summed E-state index contributed by atoms with van der Waals surface area (Å²) < 4.78 is 7.30. The average Bonchev–Trinajstić information content (AvgIpc) is 2.84. The lowest BCUT2D eigenvalue weighted by Gasteiger charge is -2.40. The standard InChI is InChI=1S/C14H24N4O2/c1-2-14(10-20-11-14)9-18-8-12(15-16-18)7-17-5-3-13(19)4-6-17/h8,13,19H,2-7,9-11H2,1H3. The molecule has 0 radical (unpaired) electrons. The maximum atomic E-state index is 9.51. The van der Waals surface area contributed by atoms with E-state index in [4.69, 9.17) is 4.74 Å². The van der Waals surface area contributed by atoms with Gasteiger partial charge in [0.15, 0.2) is 0 Å². The molecule has 0 saturated carbocycles. The minimum absolute atomic E-state index is 0.120. The first-order chi connectivity index (χ1) is 9.69. The first-order valence-corrected chi connectivity index (χ1v) is 7.56. The van der Waals surface area contributed by atoms with Gasteiger partial charge in [-0.05, 0) is 19.3 Å². The second-order valence-corrected chi connectivity index (χ2v) is 6.26. The highest BCUT2D eigenvalue weighted by Crippen LogP contribution is 2.32. The summed E-state index contributed by atoms with van der Waals surface area (Å²) in [7, 11) is 0. The highest BCUT2D eigenvalue weighted by Gasteiger charge is 2.37. The molecular weight excluding hydrogens is 256 g/mol. The molecule has 20 heavy (non-hydrogen) atoms. The molecule has 6 nitrogen and oxygen atoms in total. The monoisotopic (exact) mass is 280 g/mol. The van der Waals surface area contributed by atoms with Crippen molar-refractivity contribution in [3.63, 3.8) is 0 Å². The van der Waals surface area contributed by atoms with Crippen molar-refractivity contribution in [2.45, 2.75) is 45.4 Å². The maximum absolute atomic E-state index is 9.51. The second kappa shape index (κ2) is 5.79. The molecule has 0 aliphatic carbocycles. The fourth-order valence-electron chi connectivity index (χ4n) is 2.94. The van der Waals surface area contributed by atoms with Crippen molar-refractivity contribution < 1.29 is 9.84 Å². The molecule has 1 aromatic heterocycles. The van der Waals surface area contributed by atoms with Gasteiger partial charge < -0.3 is 9.84 Å². The molecule has 1 aromatic rings. The van der Waals surface area contributed by atoms with Crippen molar-refractivity contribution in [3.05, 3.63) is 11.9 Å². The van der Waals surface area contributed by atoms with E-state index in [9.17, 15) is 5.11 Å².